The Morgan fingerprint density at radius 3 is 2.41 bits per heavy atom. The molecule has 1 aliphatic heterocycles. The summed E-state index contributed by atoms with van der Waals surface area (Å²) < 4.78 is 69.2. The van der Waals surface area contributed by atoms with Crippen LogP contribution in [0, 0.1) is 17.2 Å². The van der Waals surface area contributed by atoms with Gasteiger partial charge in [0, 0.05) is 29.5 Å². The first-order valence-electron chi connectivity index (χ1n) is 13.7. The van der Waals surface area contributed by atoms with Crippen molar-refractivity contribution in [3.8, 4) is 0 Å². The molecule has 2 aromatic rings. The highest BCUT2D eigenvalue weighted by molar-refractivity contribution is 7.89. The molecule has 41 heavy (non-hydrogen) atoms. The second kappa shape index (κ2) is 9.70. The topological polar surface area (TPSA) is 90.9 Å². The molecule has 2 N–H and O–H groups in total. The number of hydrogen-bond acceptors (Lipinski definition) is 5. The van der Waals surface area contributed by atoms with Crippen LogP contribution in [0.1, 0.15) is 51.5 Å². The normalized spacial score (nSPS) is 31.5. The average Bonchev–Trinajstić information content (AvgIpc) is 3.16. The zero-order chi connectivity index (χ0) is 29.4. The summed E-state index contributed by atoms with van der Waals surface area (Å²) in [4.78, 5) is 18.0. The third kappa shape index (κ3) is 4.73. The van der Waals surface area contributed by atoms with E-state index >= 15 is 0 Å². The first-order chi connectivity index (χ1) is 19.2. The molecule has 0 unspecified atom stereocenters. The summed E-state index contributed by atoms with van der Waals surface area (Å²) in [5.74, 6) is -0.906. The number of amides is 1. The second-order valence-electron chi connectivity index (χ2n) is 12.6. The highest BCUT2D eigenvalue weighted by atomic mass is 35.5. The minimum Gasteiger partial charge on any atom is -0.366 e. The van der Waals surface area contributed by atoms with Crippen LogP contribution in [0.25, 0.3) is 0 Å². The maximum absolute atomic E-state index is 14.3. The molecule has 0 radical (unpaired) electrons. The monoisotopic (exact) mass is 608 g/mol. The molecule has 220 valence electrons. The number of aliphatic imine (C=N–C) groups is 1. The fourth-order valence-corrected chi connectivity index (χ4v) is 8.79. The number of alkyl halides is 2. The van der Waals surface area contributed by atoms with E-state index in [4.69, 9.17) is 16.6 Å². The largest absolute Gasteiger partial charge is 0.366 e. The van der Waals surface area contributed by atoms with Crippen molar-refractivity contribution in [2.75, 3.05) is 0 Å². The van der Waals surface area contributed by atoms with Crippen LogP contribution in [0.4, 0.5) is 13.2 Å². The summed E-state index contributed by atoms with van der Waals surface area (Å²) in [5, 5.41) is 6.24. The van der Waals surface area contributed by atoms with Gasteiger partial charge >= 0.3 is 0 Å². The number of carbonyl (C=O) groups is 1. The van der Waals surface area contributed by atoms with Crippen LogP contribution in [-0.2, 0) is 21.4 Å². The number of amidine groups is 1. The Labute approximate surface area is 242 Å². The van der Waals surface area contributed by atoms with Gasteiger partial charge in [0.05, 0.1) is 15.5 Å². The van der Waals surface area contributed by atoms with Gasteiger partial charge in [-0.2, -0.15) is 4.31 Å². The first kappa shape index (κ1) is 28.5. The van der Waals surface area contributed by atoms with Crippen LogP contribution in [0.15, 0.2) is 58.4 Å². The minimum atomic E-state index is -3.92. The van der Waals surface area contributed by atoms with Gasteiger partial charge < -0.3 is 10.6 Å². The lowest BCUT2D eigenvalue weighted by atomic mass is 9.38. The van der Waals surface area contributed by atoms with Crippen molar-refractivity contribution in [2.45, 2.75) is 87.0 Å². The Balaban J connectivity index is 1.21. The van der Waals surface area contributed by atoms with Crippen molar-refractivity contribution in [1.82, 2.24) is 14.9 Å². The minimum absolute atomic E-state index is 0.0151. The van der Waals surface area contributed by atoms with E-state index in [1.165, 1.54) is 16.4 Å². The molecule has 2 aromatic carbocycles. The number of nitrogens with one attached hydrogen (secondary N) is 2. The van der Waals surface area contributed by atoms with Gasteiger partial charge in [0.25, 0.3) is 0 Å². The highest BCUT2D eigenvalue weighted by Crippen LogP contribution is 2.71. The Kier molecular flexibility index (Phi) is 6.74. The molecule has 5 aliphatic rings. The summed E-state index contributed by atoms with van der Waals surface area (Å²) >= 11 is 5.86. The van der Waals surface area contributed by atoms with Gasteiger partial charge in [0.2, 0.25) is 22.4 Å². The van der Waals surface area contributed by atoms with Crippen LogP contribution in [-0.4, -0.2) is 54.1 Å². The predicted molar refractivity (Wildman–Crippen MR) is 149 cm³/mol. The SMILES string of the molecule is CC1(C)NC(C23CC(N(Cc4ccc(Cl)c(F)c4)S(=O)(=O)c4ccccc4)(C2)C3)=N[C@H]1C(=O)NC1CC(C(F)F)C1. The maximum atomic E-state index is 14.3. The predicted octanol–water partition coefficient (Wildman–Crippen LogP) is 4.90. The second-order valence-corrected chi connectivity index (χ2v) is 14.9. The number of hydrogen-bond donors (Lipinski definition) is 2. The van der Waals surface area contributed by atoms with Gasteiger partial charge in [0.1, 0.15) is 11.7 Å². The first-order valence-corrected chi connectivity index (χ1v) is 15.5. The number of halogens is 4. The van der Waals surface area contributed by atoms with Crippen LogP contribution < -0.4 is 10.6 Å². The van der Waals surface area contributed by atoms with Crippen LogP contribution in [0.2, 0.25) is 5.02 Å². The lowest BCUT2D eigenvalue weighted by Gasteiger charge is -2.73. The smallest absolute Gasteiger partial charge is 0.247 e. The van der Waals surface area contributed by atoms with Crippen LogP contribution >= 0.6 is 11.6 Å². The molecule has 4 saturated carbocycles. The van der Waals surface area contributed by atoms with E-state index in [0.717, 1.165) is 0 Å². The van der Waals surface area contributed by atoms with Gasteiger partial charge in [-0.1, -0.05) is 35.9 Å². The van der Waals surface area contributed by atoms with E-state index in [1.54, 1.807) is 36.4 Å². The molecule has 0 spiro atoms. The fraction of sp³-hybridized carbons (Fsp3) is 0.517. The lowest BCUT2D eigenvalue weighted by Crippen LogP contribution is -2.78. The molecule has 4 fully saturated rings. The Bertz CT molecular complexity index is 1490. The van der Waals surface area contributed by atoms with Crippen molar-refractivity contribution >= 4 is 33.4 Å². The highest BCUT2D eigenvalue weighted by Gasteiger charge is 2.75. The van der Waals surface area contributed by atoms with E-state index < -0.39 is 45.3 Å². The van der Waals surface area contributed by atoms with Gasteiger partial charge in [-0.05, 0) is 75.8 Å². The van der Waals surface area contributed by atoms with E-state index in [9.17, 15) is 26.4 Å². The average molecular weight is 609 g/mol. The Morgan fingerprint density at radius 2 is 1.80 bits per heavy atom. The van der Waals surface area contributed by atoms with E-state index in [2.05, 4.69) is 10.6 Å². The fourth-order valence-electron chi connectivity index (χ4n) is 6.90. The van der Waals surface area contributed by atoms with Gasteiger partial charge in [0.15, 0.2) is 6.04 Å². The standard InChI is InChI=1S/C29H32ClF3N4O3S/c1-27(2)23(25(38)34-19-11-18(12-19)24(32)33)35-26(36-27)28-14-29(15-28,16-28)37(13-17-8-9-21(30)22(31)10-17)41(39,40)20-6-4-3-5-7-20/h3-10,18-19,23-24H,11-16H2,1-2H3,(H,34,38)(H,35,36)/t18?,19?,23-,28?,29?/m0/s1. The molecule has 12 heteroatoms. The number of benzene rings is 2. The van der Waals surface area contributed by atoms with Gasteiger partial charge in [-0.3, -0.25) is 9.79 Å². The Hall–Kier alpha value is -2.63. The number of nitrogens with zero attached hydrogens (tertiary/aromatic N) is 2. The number of rotatable bonds is 9. The molecular weight excluding hydrogens is 577 g/mol. The molecule has 2 bridgehead atoms. The third-order valence-corrected chi connectivity index (χ3v) is 11.5. The van der Waals surface area contributed by atoms with Gasteiger partial charge in [-0.25, -0.2) is 21.6 Å². The molecule has 1 amide bonds. The molecule has 1 heterocycles. The van der Waals surface area contributed by atoms with E-state index in [0.29, 0.717) is 30.7 Å². The third-order valence-electron chi connectivity index (χ3n) is 9.18. The van der Waals surface area contributed by atoms with Crippen molar-refractivity contribution in [3.63, 3.8) is 0 Å². The molecule has 7 rings (SSSR count). The lowest BCUT2D eigenvalue weighted by molar-refractivity contribution is -0.151. The van der Waals surface area contributed by atoms with Gasteiger partial charge in [-0.15, -0.1) is 0 Å². The molecule has 7 nitrogen and oxygen atoms in total. The molecule has 0 aromatic heterocycles. The number of sulfonamides is 1. The van der Waals surface area contributed by atoms with Crippen LogP contribution in [0.3, 0.4) is 0 Å². The summed E-state index contributed by atoms with van der Waals surface area (Å²) in [6.45, 7) is 3.73. The molecular formula is C29H32ClF3N4O3S. The quantitative estimate of drug-likeness (QED) is 0.424. The summed E-state index contributed by atoms with van der Waals surface area (Å²) in [6.07, 6.45) is -0.324. The molecule has 1 atom stereocenters. The van der Waals surface area contributed by atoms with Crippen molar-refractivity contribution < 1.29 is 26.4 Å². The zero-order valence-electron chi connectivity index (χ0n) is 22.7. The van der Waals surface area contributed by atoms with Crippen molar-refractivity contribution in [3.05, 3.63) is 64.9 Å². The molecule has 4 aliphatic carbocycles. The Morgan fingerprint density at radius 1 is 1.15 bits per heavy atom. The maximum Gasteiger partial charge on any atom is 0.247 e. The summed E-state index contributed by atoms with van der Waals surface area (Å²) in [5.41, 5.74) is -1.26. The molecule has 0 saturated heterocycles. The van der Waals surface area contributed by atoms with Crippen molar-refractivity contribution in [2.24, 2.45) is 16.3 Å². The summed E-state index contributed by atoms with van der Waals surface area (Å²) in [7, 11) is -3.92. The summed E-state index contributed by atoms with van der Waals surface area (Å²) in [6, 6.07) is 11.5. The zero-order valence-corrected chi connectivity index (χ0v) is 24.3. The van der Waals surface area contributed by atoms with E-state index in [-0.39, 0.29) is 46.7 Å². The van der Waals surface area contributed by atoms with E-state index in [1.807, 2.05) is 13.8 Å². The van der Waals surface area contributed by atoms with Crippen molar-refractivity contribution in [1.29, 1.82) is 0 Å². The number of carbonyl (C=O) groups excluding carboxylic acids is 1. The van der Waals surface area contributed by atoms with Crippen LogP contribution in [0.5, 0.6) is 0 Å².